The maximum atomic E-state index is 12.2. The van der Waals surface area contributed by atoms with Gasteiger partial charge in [-0.25, -0.2) is 4.98 Å². The molecule has 0 bridgehead atoms. The van der Waals surface area contributed by atoms with Crippen LogP contribution in [0.2, 0.25) is 0 Å². The van der Waals surface area contributed by atoms with E-state index >= 15 is 0 Å². The highest BCUT2D eigenvalue weighted by Crippen LogP contribution is 2.23. The first kappa shape index (κ1) is 15.3. The van der Waals surface area contributed by atoms with Crippen LogP contribution in [0.5, 0.6) is 0 Å². The standard InChI is InChI=1S/C13H11N5O3S2/c19-12(11-5-6-15-17-11)16-9-1-3-10(4-2-9)23(20,21)18-13-14-7-8-22-13/h1-8H,(H3-,14,15,16,17,18,19,20,21). The molecule has 8 nitrogen and oxygen atoms in total. The predicted molar refractivity (Wildman–Crippen MR) is 85.8 cm³/mol. The van der Waals surface area contributed by atoms with E-state index in [0.29, 0.717) is 16.5 Å². The molecule has 0 saturated heterocycles. The van der Waals surface area contributed by atoms with E-state index in [9.17, 15) is 13.6 Å². The van der Waals surface area contributed by atoms with E-state index in [1.165, 1.54) is 54.1 Å². The molecule has 1 amide bonds. The summed E-state index contributed by atoms with van der Waals surface area (Å²) in [5.41, 5.74) is 0.782. The zero-order valence-corrected chi connectivity index (χ0v) is 13.2. The molecule has 2 aromatic heterocycles. The lowest BCUT2D eigenvalue weighted by Gasteiger charge is -2.14. The summed E-state index contributed by atoms with van der Waals surface area (Å²) < 4.78 is 26.7. The van der Waals surface area contributed by atoms with Gasteiger partial charge in [0.15, 0.2) is 15.3 Å². The fraction of sp³-hybridized carbons (Fsp3) is 0. The third kappa shape index (κ3) is 3.62. The summed E-state index contributed by atoms with van der Waals surface area (Å²) in [4.78, 5) is 15.8. The molecule has 23 heavy (non-hydrogen) atoms. The minimum Gasteiger partial charge on any atom is -0.588 e. The third-order valence-corrected chi connectivity index (χ3v) is 4.99. The van der Waals surface area contributed by atoms with Gasteiger partial charge in [0, 0.05) is 23.5 Å². The van der Waals surface area contributed by atoms with Crippen molar-refractivity contribution in [3.05, 3.63) is 53.8 Å². The number of hydrogen-bond acceptors (Lipinski definition) is 6. The van der Waals surface area contributed by atoms with Crippen LogP contribution in [0.25, 0.3) is 0 Å². The largest absolute Gasteiger partial charge is 0.588 e. The van der Waals surface area contributed by atoms with Crippen LogP contribution < -0.4 is 10.0 Å². The van der Waals surface area contributed by atoms with E-state index in [1.54, 1.807) is 5.38 Å². The number of anilines is 2. The van der Waals surface area contributed by atoms with Crippen LogP contribution in [-0.2, 0) is 14.6 Å². The number of benzene rings is 1. The summed E-state index contributed by atoms with van der Waals surface area (Å²) in [7, 11) is -3.70. The molecule has 10 heteroatoms. The van der Waals surface area contributed by atoms with Gasteiger partial charge in [-0.15, -0.1) is 11.3 Å². The van der Waals surface area contributed by atoms with Crippen molar-refractivity contribution in [2.75, 3.05) is 10.0 Å². The van der Waals surface area contributed by atoms with Crippen LogP contribution in [0.3, 0.4) is 0 Å². The number of thiazole rings is 1. The maximum Gasteiger partial charge on any atom is 0.273 e. The summed E-state index contributed by atoms with van der Waals surface area (Å²) >= 11 is 1.19. The Morgan fingerprint density at radius 3 is 2.61 bits per heavy atom. The molecule has 0 spiro atoms. The highest BCUT2D eigenvalue weighted by atomic mass is 32.3. The van der Waals surface area contributed by atoms with Crippen molar-refractivity contribution in [2.24, 2.45) is 0 Å². The highest BCUT2D eigenvalue weighted by molar-refractivity contribution is 7.99. The number of amides is 1. The average Bonchev–Trinajstić information content (AvgIpc) is 3.20. The first-order valence-electron chi connectivity index (χ1n) is 6.38. The number of rotatable bonds is 5. The lowest BCUT2D eigenvalue weighted by atomic mass is 10.3. The van der Waals surface area contributed by atoms with Gasteiger partial charge in [-0.05, 0) is 30.3 Å². The van der Waals surface area contributed by atoms with E-state index in [1.807, 2.05) is 0 Å². The van der Waals surface area contributed by atoms with E-state index in [0.717, 1.165) is 0 Å². The first-order chi connectivity index (χ1) is 11.0. The van der Waals surface area contributed by atoms with E-state index in [2.05, 4.69) is 25.2 Å². The van der Waals surface area contributed by atoms with Crippen molar-refractivity contribution >= 4 is 38.5 Å². The molecule has 3 aromatic rings. The Morgan fingerprint density at radius 1 is 1.22 bits per heavy atom. The lowest BCUT2D eigenvalue weighted by Crippen LogP contribution is -2.21. The molecule has 3 N–H and O–H groups in total. The number of aromatic amines is 1. The molecule has 2 heterocycles. The zero-order valence-electron chi connectivity index (χ0n) is 11.6. The van der Waals surface area contributed by atoms with E-state index in [4.69, 9.17) is 0 Å². The Kier molecular flexibility index (Phi) is 4.19. The number of hydrogen-bond donors (Lipinski definition) is 3. The fourth-order valence-corrected chi connectivity index (χ4v) is 3.53. The second-order valence-electron chi connectivity index (χ2n) is 4.39. The van der Waals surface area contributed by atoms with Crippen LogP contribution in [-0.4, -0.2) is 25.6 Å². The van der Waals surface area contributed by atoms with Crippen molar-refractivity contribution < 1.29 is 13.6 Å². The van der Waals surface area contributed by atoms with Crippen LogP contribution in [0, 0.1) is 0 Å². The van der Waals surface area contributed by atoms with Crippen molar-refractivity contribution in [3.8, 4) is 0 Å². The van der Waals surface area contributed by atoms with Crippen LogP contribution in [0.4, 0.5) is 10.8 Å². The quantitative estimate of drug-likeness (QED) is 0.609. The van der Waals surface area contributed by atoms with Crippen molar-refractivity contribution in [1.29, 1.82) is 0 Å². The van der Waals surface area contributed by atoms with Gasteiger partial charge in [0.05, 0.1) is 0 Å². The summed E-state index contributed by atoms with van der Waals surface area (Å²) in [6.07, 6.45) is 2.98. The molecule has 1 unspecified atom stereocenters. The van der Waals surface area contributed by atoms with Gasteiger partial charge in [-0.3, -0.25) is 9.89 Å². The minimum atomic E-state index is -3.70. The average molecular weight is 349 g/mol. The number of carbonyl (C=O) groups is 1. The van der Waals surface area contributed by atoms with Crippen LogP contribution in [0.1, 0.15) is 10.5 Å². The zero-order chi connectivity index (χ0) is 16.3. The molecule has 0 aliphatic carbocycles. The fourth-order valence-electron chi connectivity index (χ4n) is 1.75. The topological polar surface area (TPSA) is 123 Å². The number of nitrogens with zero attached hydrogens (tertiary/aromatic N) is 2. The number of sulfonamides is 1. The van der Waals surface area contributed by atoms with Crippen molar-refractivity contribution in [1.82, 2.24) is 15.2 Å². The monoisotopic (exact) mass is 349 g/mol. The van der Waals surface area contributed by atoms with Crippen molar-refractivity contribution in [3.63, 3.8) is 0 Å². The number of nitrogens with one attached hydrogen (secondary N) is 3. The van der Waals surface area contributed by atoms with Gasteiger partial charge >= 0.3 is 0 Å². The molecular weight excluding hydrogens is 338 g/mol. The molecule has 118 valence electrons. The minimum absolute atomic E-state index is 0.0761. The Balaban J connectivity index is 1.71. The summed E-state index contributed by atoms with van der Waals surface area (Å²) in [6, 6.07) is 7.35. The van der Waals surface area contributed by atoms with Gasteiger partial charge in [-0.1, -0.05) is 4.21 Å². The molecule has 0 radical (unpaired) electrons. The summed E-state index contributed by atoms with van der Waals surface area (Å²) in [6.45, 7) is 0. The van der Waals surface area contributed by atoms with Gasteiger partial charge in [-0.2, -0.15) is 9.82 Å². The molecular formula is C13H11N5O3S2. The molecule has 0 saturated carbocycles. The number of H-pyrrole nitrogens is 1. The Hall–Kier alpha value is -2.56. The van der Waals surface area contributed by atoms with E-state index in [-0.39, 0.29) is 10.8 Å². The van der Waals surface area contributed by atoms with E-state index < -0.39 is 10.4 Å². The predicted octanol–water partition coefficient (Wildman–Crippen LogP) is 2.13. The summed E-state index contributed by atoms with van der Waals surface area (Å²) in [5.74, 6) is -0.362. The Morgan fingerprint density at radius 2 is 2.00 bits per heavy atom. The van der Waals surface area contributed by atoms with Gasteiger partial charge in [0.1, 0.15) is 5.69 Å². The molecule has 0 aliphatic heterocycles. The first-order valence-corrected chi connectivity index (χ1v) is 8.74. The Bertz CT molecular complexity index is 831. The Labute approximate surface area is 136 Å². The molecule has 1 atom stereocenters. The number of carbonyl (C=O) groups excluding carboxylic acids is 1. The molecule has 0 aliphatic rings. The molecule has 0 fully saturated rings. The van der Waals surface area contributed by atoms with Crippen LogP contribution >= 0.6 is 11.3 Å². The van der Waals surface area contributed by atoms with Crippen molar-refractivity contribution in [2.45, 2.75) is 4.90 Å². The van der Waals surface area contributed by atoms with Gasteiger partial charge in [0.25, 0.3) is 5.91 Å². The second-order valence-corrected chi connectivity index (χ2v) is 6.97. The number of aromatic nitrogens is 3. The van der Waals surface area contributed by atoms with Gasteiger partial charge in [0.2, 0.25) is 5.13 Å². The van der Waals surface area contributed by atoms with Crippen LogP contribution in [0.15, 0.2) is 53.0 Å². The highest BCUT2D eigenvalue weighted by Gasteiger charge is 2.21. The smallest absolute Gasteiger partial charge is 0.273 e. The van der Waals surface area contributed by atoms with Gasteiger partial charge < -0.3 is 9.87 Å². The molecule has 1 aromatic carbocycles. The third-order valence-electron chi connectivity index (χ3n) is 2.82. The molecule has 3 rings (SSSR count). The SMILES string of the molecule is O=C(Nc1ccc([S+](=O)([O-])Nc2nccs2)cc1)c1ccn[nH]1. The summed E-state index contributed by atoms with van der Waals surface area (Å²) in [5, 5.41) is 10.8. The maximum absolute atomic E-state index is 12.2. The lowest BCUT2D eigenvalue weighted by molar-refractivity contribution is 0.102. The second kappa shape index (κ2) is 6.28. The normalized spacial score (nSPS) is 13.3.